The predicted octanol–water partition coefficient (Wildman–Crippen LogP) is 9.39. The Kier molecular flexibility index (Phi) is 4.98. The first-order chi connectivity index (χ1) is 17.1. The zero-order chi connectivity index (χ0) is 25.4. The zero-order valence-electron chi connectivity index (χ0n) is 22.2. The molecule has 0 amide bonds. The first-order valence-corrected chi connectivity index (χ1v) is 12.8. The number of aromatic nitrogens is 2. The lowest BCUT2D eigenvalue weighted by molar-refractivity contribution is 0.590. The average molecular weight is 473 g/mol. The SMILES string of the molecule is Cc1nc(-c2cccc3c2oc2cc(C(C)C)ccc23)c2ccc3cc(C(C)(C)C)cc(C)c3c2n1. The van der Waals surface area contributed by atoms with Gasteiger partial charge in [-0.2, -0.15) is 0 Å². The highest BCUT2D eigenvalue weighted by molar-refractivity contribution is 6.15. The van der Waals surface area contributed by atoms with Gasteiger partial charge in [-0.3, -0.25) is 0 Å². The van der Waals surface area contributed by atoms with Crippen LogP contribution in [-0.4, -0.2) is 9.97 Å². The number of furan rings is 1. The Hall–Kier alpha value is -3.72. The molecule has 0 spiro atoms. The number of rotatable bonds is 2. The topological polar surface area (TPSA) is 38.9 Å². The Labute approximate surface area is 212 Å². The summed E-state index contributed by atoms with van der Waals surface area (Å²) in [5, 5.41) is 5.73. The molecule has 2 aromatic heterocycles. The van der Waals surface area contributed by atoms with Crippen LogP contribution in [0.1, 0.15) is 63.1 Å². The van der Waals surface area contributed by atoms with Gasteiger partial charge in [-0.05, 0) is 65.5 Å². The second-order valence-corrected chi connectivity index (χ2v) is 11.4. The van der Waals surface area contributed by atoms with E-state index in [0.717, 1.165) is 49.9 Å². The molecule has 0 atom stereocenters. The summed E-state index contributed by atoms with van der Waals surface area (Å²) in [4.78, 5) is 9.91. The minimum absolute atomic E-state index is 0.0903. The fraction of sp³-hybridized carbons (Fsp3) is 0.273. The average Bonchev–Trinajstić information content (AvgIpc) is 3.20. The van der Waals surface area contributed by atoms with E-state index in [1.54, 1.807) is 0 Å². The van der Waals surface area contributed by atoms with Crippen LogP contribution in [0, 0.1) is 13.8 Å². The van der Waals surface area contributed by atoms with Crippen molar-refractivity contribution in [1.82, 2.24) is 9.97 Å². The minimum Gasteiger partial charge on any atom is -0.455 e. The summed E-state index contributed by atoms with van der Waals surface area (Å²) in [6.07, 6.45) is 0. The summed E-state index contributed by atoms with van der Waals surface area (Å²) in [6.45, 7) is 15.4. The van der Waals surface area contributed by atoms with Crippen LogP contribution in [0.15, 0.2) is 65.1 Å². The lowest BCUT2D eigenvalue weighted by atomic mass is 9.84. The lowest BCUT2D eigenvalue weighted by Crippen LogP contribution is -2.11. The maximum atomic E-state index is 6.52. The van der Waals surface area contributed by atoms with Gasteiger partial charge in [0.15, 0.2) is 0 Å². The maximum Gasteiger partial charge on any atom is 0.144 e. The van der Waals surface area contributed by atoms with Crippen molar-refractivity contribution in [3.63, 3.8) is 0 Å². The Morgan fingerprint density at radius 1 is 0.806 bits per heavy atom. The summed E-state index contributed by atoms with van der Waals surface area (Å²) in [5.41, 5.74) is 8.70. The van der Waals surface area contributed by atoms with Crippen molar-refractivity contribution in [1.29, 1.82) is 0 Å². The molecule has 3 nitrogen and oxygen atoms in total. The molecule has 36 heavy (non-hydrogen) atoms. The van der Waals surface area contributed by atoms with Crippen molar-refractivity contribution in [2.45, 2.75) is 59.8 Å². The highest BCUT2D eigenvalue weighted by Gasteiger charge is 2.20. The molecule has 0 saturated heterocycles. The fourth-order valence-corrected chi connectivity index (χ4v) is 5.37. The summed E-state index contributed by atoms with van der Waals surface area (Å²) < 4.78 is 6.52. The van der Waals surface area contributed by atoms with Crippen LogP contribution < -0.4 is 0 Å². The molecule has 0 unspecified atom stereocenters. The standard InChI is InChI=1S/C33H32N2O/c1-18(2)21-11-13-24-25-9-8-10-27(32(25)36-28(24)17-21)30-26-14-12-22-16-23(33(5,6)7)15-19(3)29(22)31(26)35-20(4)34-30/h8-18H,1-7H3. The molecule has 3 heteroatoms. The number of hydrogen-bond donors (Lipinski definition) is 0. The van der Waals surface area contributed by atoms with Crippen LogP contribution in [0.4, 0.5) is 0 Å². The van der Waals surface area contributed by atoms with Crippen LogP contribution >= 0.6 is 0 Å². The van der Waals surface area contributed by atoms with Crippen LogP contribution in [0.3, 0.4) is 0 Å². The molecule has 0 saturated carbocycles. The van der Waals surface area contributed by atoms with Gasteiger partial charge in [0.1, 0.15) is 17.0 Å². The van der Waals surface area contributed by atoms with E-state index in [9.17, 15) is 0 Å². The van der Waals surface area contributed by atoms with Crippen molar-refractivity contribution in [2.24, 2.45) is 0 Å². The van der Waals surface area contributed by atoms with E-state index < -0.39 is 0 Å². The number of para-hydroxylation sites is 1. The van der Waals surface area contributed by atoms with E-state index in [2.05, 4.69) is 102 Å². The van der Waals surface area contributed by atoms with Crippen LogP contribution in [-0.2, 0) is 5.41 Å². The van der Waals surface area contributed by atoms with Gasteiger partial charge < -0.3 is 4.42 Å². The summed E-state index contributed by atoms with van der Waals surface area (Å²) >= 11 is 0. The first-order valence-electron chi connectivity index (χ1n) is 12.8. The van der Waals surface area contributed by atoms with Gasteiger partial charge in [0.2, 0.25) is 0 Å². The van der Waals surface area contributed by atoms with Gasteiger partial charge in [-0.15, -0.1) is 0 Å². The molecule has 180 valence electrons. The van der Waals surface area contributed by atoms with Gasteiger partial charge in [0.25, 0.3) is 0 Å². The Morgan fingerprint density at radius 3 is 2.33 bits per heavy atom. The van der Waals surface area contributed by atoms with Crippen molar-refractivity contribution in [3.8, 4) is 11.3 Å². The second kappa shape index (κ2) is 7.89. The van der Waals surface area contributed by atoms with E-state index in [-0.39, 0.29) is 5.41 Å². The van der Waals surface area contributed by atoms with E-state index in [1.165, 1.54) is 27.5 Å². The van der Waals surface area contributed by atoms with Gasteiger partial charge in [-0.25, -0.2) is 9.97 Å². The normalized spacial score (nSPS) is 12.6. The third kappa shape index (κ3) is 3.49. The summed E-state index contributed by atoms with van der Waals surface area (Å²) in [5.74, 6) is 1.21. The first kappa shape index (κ1) is 22.7. The molecule has 6 aromatic rings. The highest BCUT2D eigenvalue weighted by Crippen LogP contribution is 2.40. The number of nitrogens with zero attached hydrogens (tertiary/aromatic N) is 2. The molecular weight excluding hydrogens is 440 g/mol. The van der Waals surface area contributed by atoms with Gasteiger partial charge >= 0.3 is 0 Å². The van der Waals surface area contributed by atoms with Gasteiger partial charge in [-0.1, -0.05) is 77.1 Å². The number of benzene rings is 4. The molecule has 0 aliphatic rings. The van der Waals surface area contributed by atoms with E-state index in [0.29, 0.717) is 5.92 Å². The zero-order valence-corrected chi connectivity index (χ0v) is 22.2. The molecule has 4 aromatic carbocycles. The van der Waals surface area contributed by atoms with Gasteiger partial charge in [0, 0.05) is 27.1 Å². The molecule has 2 heterocycles. The van der Waals surface area contributed by atoms with Crippen molar-refractivity contribution in [2.75, 3.05) is 0 Å². The smallest absolute Gasteiger partial charge is 0.144 e. The molecule has 0 aliphatic heterocycles. The third-order valence-electron chi connectivity index (χ3n) is 7.40. The molecule has 6 rings (SSSR count). The van der Waals surface area contributed by atoms with E-state index in [1.807, 2.05) is 6.92 Å². The maximum absolute atomic E-state index is 6.52. The summed E-state index contributed by atoms with van der Waals surface area (Å²) in [6, 6.07) is 22.0. The molecule has 0 fully saturated rings. The monoisotopic (exact) mass is 472 g/mol. The van der Waals surface area contributed by atoms with Gasteiger partial charge in [0.05, 0.1) is 11.2 Å². The van der Waals surface area contributed by atoms with Crippen molar-refractivity contribution < 1.29 is 4.42 Å². The van der Waals surface area contributed by atoms with E-state index >= 15 is 0 Å². The number of hydrogen-bond acceptors (Lipinski definition) is 3. The Bertz CT molecular complexity index is 1820. The van der Waals surface area contributed by atoms with Crippen LogP contribution in [0.5, 0.6) is 0 Å². The molecule has 0 aliphatic carbocycles. The molecular formula is C33H32N2O. The molecule has 0 bridgehead atoms. The molecule has 0 N–H and O–H groups in total. The molecule has 0 radical (unpaired) electrons. The second-order valence-electron chi connectivity index (χ2n) is 11.4. The fourth-order valence-electron chi connectivity index (χ4n) is 5.37. The largest absolute Gasteiger partial charge is 0.455 e. The van der Waals surface area contributed by atoms with Crippen molar-refractivity contribution >= 4 is 43.6 Å². The quantitative estimate of drug-likeness (QED) is 0.236. The summed E-state index contributed by atoms with van der Waals surface area (Å²) in [7, 11) is 0. The lowest BCUT2D eigenvalue weighted by Gasteiger charge is -2.21. The number of aryl methyl sites for hydroxylation is 2. The predicted molar refractivity (Wildman–Crippen MR) is 152 cm³/mol. The Balaban J connectivity index is 1.66. The highest BCUT2D eigenvalue weighted by atomic mass is 16.3. The Morgan fingerprint density at radius 2 is 1.58 bits per heavy atom. The van der Waals surface area contributed by atoms with Crippen molar-refractivity contribution in [3.05, 3.63) is 83.2 Å². The third-order valence-corrected chi connectivity index (χ3v) is 7.40. The van der Waals surface area contributed by atoms with E-state index in [4.69, 9.17) is 14.4 Å². The minimum atomic E-state index is 0.0903. The van der Waals surface area contributed by atoms with Crippen LogP contribution in [0.25, 0.3) is 54.9 Å². The van der Waals surface area contributed by atoms with Crippen LogP contribution in [0.2, 0.25) is 0 Å². The number of fused-ring (bicyclic) bond motifs is 6.